The third-order valence-corrected chi connectivity index (χ3v) is 7.89. The molecule has 26 heavy (non-hydrogen) atoms. The van der Waals surface area contributed by atoms with E-state index in [1.54, 1.807) is 18.2 Å². The maximum atomic E-state index is 11.8. The molecule has 2 aromatic carbocycles. The van der Waals surface area contributed by atoms with Crippen LogP contribution in [0.15, 0.2) is 72.8 Å². The summed E-state index contributed by atoms with van der Waals surface area (Å²) in [4.78, 5) is 0. The van der Waals surface area contributed by atoms with Crippen molar-refractivity contribution in [1.29, 1.82) is 0 Å². The van der Waals surface area contributed by atoms with E-state index in [2.05, 4.69) is 0 Å². The number of hydrogen-bond donors (Lipinski definition) is 2. The molecule has 1 aliphatic rings. The molecule has 1 aliphatic carbocycles. The Balaban J connectivity index is 2.17. The lowest BCUT2D eigenvalue weighted by molar-refractivity contribution is 0.438. The Hall–Kier alpha value is -2.26. The summed E-state index contributed by atoms with van der Waals surface area (Å²) < 4.78 is 63.5. The van der Waals surface area contributed by atoms with Crippen LogP contribution in [0.5, 0.6) is 0 Å². The SMILES string of the molecule is O=S(=O)(O)C1(S(=O)(=O)O)C=CC=C(c2ccccc2-c2ccccc2)C1. The van der Waals surface area contributed by atoms with Crippen LogP contribution in [0, 0.1) is 0 Å². The zero-order valence-electron chi connectivity index (χ0n) is 13.5. The highest BCUT2D eigenvalue weighted by molar-refractivity contribution is 8.05. The van der Waals surface area contributed by atoms with Gasteiger partial charge in [0.25, 0.3) is 20.2 Å². The highest BCUT2D eigenvalue weighted by Crippen LogP contribution is 2.41. The summed E-state index contributed by atoms with van der Waals surface area (Å²) in [7, 11) is -10.3. The molecule has 2 aromatic rings. The van der Waals surface area contributed by atoms with Crippen LogP contribution >= 0.6 is 0 Å². The Kier molecular flexibility index (Phi) is 4.61. The van der Waals surface area contributed by atoms with E-state index in [1.165, 1.54) is 6.08 Å². The lowest BCUT2D eigenvalue weighted by atomic mass is 9.90. The van der Waals surface area contributed by atoms with Gasteiger partial charge in [-0.25, -0.2) is 0 Å². The molecule has 0 aliphatic heterocycles. The molecule has 0 bridgehead atoms. The van der Waals surface area contributed by atoms with Crippen LogP contribution < -0.4 is 0 Å². The summed E-state index contributed by atoms with van der Waals surface area (Å²) >= 11 is 0. The van der Waals surface area contributed by atoms with Gasteiger partial charge in [0.05, 0.1) is 0 Å². The van der Waals surface area contributed by atoms with Gasteiger partial charge in [-0.1, -0.05) is 66.7 Å². The van der Waals surface area contributed by atoms with Gasteiger partial charge in [0, 0.05) is 6.42 Å². The van der Waals surface area contributed by atoms with E-state index in [0.717, 1.165) is 17.2 Å². The highest BCUT2D eigenvalue weighted by Gasteiger charge is 2.53. The Morgan fingerprint density at radius 2 is 1.31 bits per heavy atom. The highest BCUT2D eigenvalue weighted by atomic mass is 32.3. The van der Waals surface area contributed by atoms with Crippen molar-refractivity contribution in [3.8, 4) is 11.1 Å². The zero-order chi connectivity index (χ0) is 19.0. The summed E-state index contributed by atoms with van der Waals surface area (Å²) in [5.41, 5.74) is 2.61. The van der Waals surface area contributed by atoms with E-state index in [1.807, 2.05) is 42.5 Å². The summed E-state index contributed by atoms with van der Waals surface area (Å²) in [6, 6.07) is 16.4. The maximum absolute atomic E-state index is 11.8. The smallest absolute Gasteiger partial charge is 0.284 e. The van der Waals surface area contributed by atoms with Gasteiger partial charge in [0.15, 0.2) is 0 Å². The first-order valence-corrected chi connectivity index (χ1v) is 10.5. The van der Waals surface area contributed by atoms with E-state index in [9.17, 15) is 25.9 Å². The fraction of sp³-hybridized carbons (Fsp3) is 0.111. The van der Waals surface area contributed by atoms with Gasteiger partial charge in [0.1, 0.15) is 0 Å². The minimum absolute atomic E-state index is 0.363. The van der Waals surface area contributed by atoms with Crippen molar-refractivity contribution in [2.45, 2.75) is 10.5 Å². The van der Waals surface area contributed by atoms with Crippen molar-refractivity contribution in [2.24, 2.45) is 0 Å². The van der Waals surface area contributed by atoms with E-state index < -0.39 is 30.7 Å². The Morgan fingerprint density at radius 3 is 1.88 bits per heavy atom. The standard InChI is InChI=1S/C18H16O6S2/c19-25(20,21)18(26(22,23)24)12-6-9-15(13-18)17-11-5-4-10-16(17)14-7-2-1-3-8-14/h1-12H,13H2,(H,19,20,21)(H,22,23,24). The number of hydrogen-bond acceptors (Lipinski definition) is 4. The van der Waals surface area contributed by atoms with Gasteiger partial charge in [-0.05, 0) is 28.3 Å². The first-order chi connectivity index (χ1) is 12.2. The largest absolute Gasteiger partial charge is 0.291 e. The summed E-state index contributed by atoms with van der Waals surface area (Å²) in [6.45, 7) is 0. The third kappa shape index (κ3) is 3.12. The first kappa shape index (κ1) is 18.5. The Labute approximate surface area is 152 Å². The predicted octanol–water partition coefficient (Wildman–Crippen LogP) is 3.17. The van der Waals surface area contributed by atoms with Crippen LogP contribution in [0.1, 0.15) is 12.0 Å². The van der Waals surface area contributed by atoms with Gasteiger partial charge in [-0.15, -0.1) is 0 Å². The van der Waals surface area contributed by atoms with Crippen LogP contribution in [0.4, 0.5) is 0 Å². The van der Waals surface area contributed by atoms with Crippen LogP contribution in [0.3, 0.4) is 0 Å². The van der Waals surface area contributed by atoms with Gasteiger partial charge < -0.3 is 0 Å². The third-order valence-electron chi connectivity index (χ3n) is 4.32. The predicted molar refractivity (Wildman–Crippen MR) is 99.4 cm³/mol. The van der Waals surface area contributed by atoms with Crippen LogP contribution in [0.2, 0.25) is 0 Å². The summed E-state index contributed by atoms with van der Waals surface area (Å²) in [5.74, 6) is 0. The number of allylic oxidation sites excluding steroid dienone is 3. The van der Waals surface area contributed by atoms with E-state index in [-0.39, 0.29) is 0 Å². The van der Waals surface area contributed by atoms with Gasteiger partial charge in [-0.3, -0.25) is 9.11 Å². The first-order valence-electron chi connectivity index (χ1n) is 7.63. The molecule has 0 fully saturated rings. The van der Waals surface area contributed by atoms with Crippen LogP contribution in [-0.2, 0) is 20.2 Å². The van der Waals surface area contributed by atoms with Crippen molar-refractivity contribution >= 4 is 25.8 Å². The fourth-order valence-corrected chi connectivity index (χ4v) is 5.24. The molecule has 0 aromatic heterocycles. The van der Waals surface area contributed by atoms with Crippen LogP contribution in [-0.4, -0.2) is 30.0 Å². The number of rotatable bonds is 4. The molecule has 0 amide bonds. The fourth-order valence-electron chi connectivity index (χ4n) is 3.00. The second-order valence-electron chi connectivity index (χ2n) is 5.90. The Morgan fingerprint density at radius 1 is 0.769 bits per heavy atom. The quantitative estimate of drug-likeness (QED) is 0.774. The van der Waals surface area contributed by atoms with Crippen molar-refractivity contribution in [3.63, 3.8) is 0 Å². The zero-order valence-corrected chi connectivity index (χ0v) is 15.1. The summed E-state index contributed by atoms with van der Waals surface area (Å²) in [6.07, 6.45) is 2.95. The molecule has 0 radical (unpaired) electrons. The van der Waals surface area contributed by atoms with Crippen molar-refractivity contribution in [2.75, 3.05) is 0 Å². The molecular formula is C18H16O6S2. The monoisotopic (exact) mass is 392 g/mol. The topological polar surface area (TPSA) is 109 Å². The molecule has 2 N–H and O–H groups in total. The molecule has 136 valence electrons. The van der Waals surface area contributed by atoms with Gasteiger partial charge in [0.2, 0.25) is 4.08 Å². The summed E-state index contributed by atoms with van der Waals surface area (Å²) in [5, 5.41) is 0. The molecular weight excluding hydrogens is 376 g/mol. The van der Waals surface area contributed by atoms with Gasteiger partial charge in [-0.2, -0.15) is 16.8 Å². The molecule has 3 rings (SSSR count). The lowest BCUT2D eigenvalue weighted by Crippen LogP contribution is -2.45. The minimum Gasteiger partial charge on any atom is -0.284 e. The second kappa shape index (κ2) is 6.48. The molecule has 0 atom stereocenters. The molecule has 6 nitrogen and oxygen atoms in total. The molecule has 0 spiro atoms. The van der Waals surface area contributed by atoms with E-state index in [4.69, 9.17) is 0 Å². The van der Waals surface area contributed by atoms with Crippen LogP contribution in [0.25, 0.3) is 16.7 Å². The van der Waals surface area contributed by atoms with Gasteiger partial charge >= 0.3 is 0 Å². The van der Waals surface area contributed by atoms with E-state index >= 15 is 0 Å². The van der Waals surface area contributed by atoms with E-state index in [0.29, 0.717) is 11.1 Å². The molecule has 8 heteroatoms. The molecule has 0 heterocycles. The molecule has 0 saturated heterocycles. The average molecular weight is 392 g/mol. The van der Waals surface area contributed by atoms with Crippen molar-refractivity contribution in [1.82, 2.24) is 0 Å². The Bertz CT molecular complexity index is 1070. The number of benzene rings is 2. The normalized spacial score (nSPS) is 16.9. The maximum Gasteiger partial charge on any atom is 0.291 e. The van der Waals surface area contributed by atoms with Crippen molar-refractivity contribution in [3.05, 3.63) is 78.4 Å². The minimum atomic E-state index is -5.13. The average Bonchev–Trinajstić information content (AvgIpc) is 2.61. The second-order valence-corrected chi connectivity index (χ2v) is 9.52. The molecule has 0 saturated carbocycles. The van der Waals surface area contributed by atoms with Crippen molar-refractivity contribution < 1.29 is 25.9 Å². The lowest BCUT2D eigenvalue weighted by Gasteiger charge is -2.28. The molecule has 0 unspecified atom stereocenters.